The van der Waals surface area contributed by atoms with Gasteiger partial charge in [-0.15, -0.1) is 9.90 Å². The molecule has 0 unspecified atom stereocenters. The van der Waals surface area contributed by atoms with Gasteiger partial charge in [-0.2, -0.15) is 32.1 Å². The van der Waals surface area contributed by atoms with Gasteiger partial charge in [0, 0.05) is 19.3 Å². The summed E-state index contributed by atoms with van der Waals surface area (Å²) in [6.07, 6.45) is -0.0494. The van der Waals surface area contributed by atoms with Crippen LogP contribution in [0.1, 0.15) is 40.3 Å². The van der Waals surface area contributed by atoms with E-state index in [1.165, 1.54) is 35.1 Å². The molecule has 0 bridgehead atoms. The predicted octanol–water partition coefficient (Wildman–Crippen LogP) is 4.95. The molecule has 43 heavy (non-hydrogen) atoms. The number of piperidine rings is 1. The van der Waals surface area contributed by atoms with Crippen molar-refractivity contribution in [1.82, 2.24) is 34.1 Å². The van der Waals surface area contributed by atoms with Crippen molar-refractivity contribution in [2.24, 2.45) is 5.41 Å². The number of hydrogen-bond donors (Lipinski definition) is 1. The molecule has 2 atom stereocenters. The Bertz CT molecular complexity index is 1870. The van der Waals surface area contributed by atoms with Crippen LogP contribution in [0.15, 0.2) is 65.6 Å². The molecule has 4 aromatic rings. The molecule has 1 aromatic carbocycles. The van der Waals surface area contributed by atoms with E-state index in [0.717, 1.165) is 22.8 Å². The van der Waals surface area contributed by atoms with Gasteiger partial charge < -0.3 is 0 Å². The maximum atomic E-state index is 14.2. The Balaban J connectivity index is 1.45. The van der Waals surface area contributed by atoms with Crippen LogP contribution in [0, 0.1) is 16.0 Å². The zero-order chi connectivity index (χ0) is 30.7. The lowest BCUT2D eigenvalue weighted by molar-refractivity contribution is -0.137. The van der Waals surface area contributed by atoms with E-state index in [4.69, 9.17) is 4.78 Å². The minimum absolute atomic E-state index is 0.00298. The number of benzene rings is 1. The van der Waals surface area contributed by atoms with Crippen LogP contribution in [0.25, 0.3) is 11.8 Å². The van der Waals surface area contributed by atoms with Crippen LogP contribution in [0.2, 0.25) is 0 Å². The zero-order valence-corrected chi connectivity index (χ0v) is 22.6. The lowest BCUT2D eigenvalue weighted by atomic mass is 9.65. The number of carbonyl (C=O) groups is 1. The number of fused-ring (bicyclic) bond motifs is 2. The number of aromatic nitrogens is 6. The summed E-state index contributed by atoms with van der Waals surface area (Å²) in [6, 6.07) is 6.88. The first-order valence-corrected chi connectivity index (χ1v) is 14.2. The highest BCUT2D eigenvalue weighted by Crippen LogP contribution is 2.47. The molecule has 2 aliphatic rings. The number of nitrogens with one attached hydrogen (secondary N) is 1. The molecule has 0 saturated carbocycles. The van der Waals surface area contributed by atoms with Gasteiger partial charge in [0.15, 0.2) is 20.7 Å². The Morgan fingerprint density at radius 2 is 1.84 bits per heavy atom. The first-order valence-electron chi connectivity index (χ1n) is 12.7. The fourth-order valence-electron chi connectivity index (χ4n) is 5.41. The number of ketones is 1. The predicted molar refractivity (Wildman–Crippen MR) is 138 cm³/mol. The van der Waals surface area contributed by atoms with Crippen LogP contribution >= 0.6 is 0 Å². The molecule has 1 saturated heterocycles. The average Bonchev–Trinajstić information content (AvgIpc) is 3.64. The van der Waals surface area contributed by atoms with Gasteiger partial charge in [-0.1, -0.05) is 5.57 Å². The number of Topliss-reactive ketones (excluding diaryl/α,β-unsaturated/α-hetero) is 1. The van der Waals surface area contributed by atoms with Crippen LogP contribution in [0.4, 0.5) is 26.3 Å². The fourth-order valence-corrected chi connectivity index (χ4v) is 6.81. The largest absolute Gasteiger partial charge is 0.416 e. The Labute approximate surface area is 239 Å². The Kier molecular flexibility index (Phi) is 6.76. The second kappa shape index (κ2) is 10.1. The van der Waals surface area contributed by atoms with Crippen molar-refractivity contribution in [3.8, 4) is 5.69 Å². The van der Waals surface area contributed by atoms with E-state index in [1.54, 1.807) is 6.08 Å². The van der Waals surface area contributed by atoms with Gasteiger partial charge in [-0.3, -0.25) is 9.78 Å². The van der Waals surface area contributed by atoms with E-state index in [0.29, 0.717) is 28.6 Å². The minimum Gasteiger partial charge on any atom is -0.291 e. The van der Waals surface area contributed by atoms with Crippen molar-refractivity contribution in [2.75, 3.05) is 13.1 Å². The molecular weight excluding hydrogens is 602 g/mol. The van der Waals surface area contributed by atoms with Crippen molar-refractivity contribution in [2.45, 2.75) is 30.6 Å². The monoisotopic (exact) mass is 622 g/mol. The van der Waals surface area contributed by atoms with Crippen molar-refractivity contribution in [3.05, 3.63) is 88.9 Å². The molecule has 0 radical (unpaired) electrons. The number of carbonyl (C=O) groups excluding carboxylic acids is 1. The van der Waals surface area contributed by atoms with E-state index >= 15 is 0 Å². The van der Waals surface area contributed by atoms with Crippen LogP contribution in [-0.4, -0.2) is 57.1 Å². The maximum Gasteiger partial charge on any atom is 0.416 e. The van der Waals surface area contributed by atoms with Crippen molar-refractivity contribution in [3.63, 3.8) is 0 Å². The number of nitrogens with zero attached hydrogens (tertiary/aromatic N) is 7. The number of pyridine rings is 1. The smallest absolute Gasteiger partial charge is 0.291 e. The maximum absolute atomic E-state index is 14.2. The number of halogens is 6. The molecular formula is C26H20F6N8O2S. The first kappa shape index (κ1) is 28.7. The van der Waals surface area contributed by atoms with E-state index in [-0.39, 0.29) is 24.2 Å². The Morgan fingerprint density at radius 3 is 2.51 bits per heavy atom. The molecule has 1 N–H and O–H groups in total. The van der Waals surface area contributed by atoms with Gasteiger partial charge in [0.25, 0.3) is 0 Å². The van der Waals surface area contributed by atoms with Crippen LogP contribution < -0.4 is 0 Å². The van der Waals surface area contributed by atoms with E-state index in [2.05, 4.69) is 20.3 Å². The van der Waals surface area contributed by atoms with Crippen molar-refractivity contribution < 1.29 is 35.3 Å². The summed E-state index contributed by atoms with van der Waals surface area (Å²) in [4.78, 5) is 18.1. The Morgan fingerprint density at radius 1 is 1.09 bits per heavy atom. The van der Waals surface area contributed by atoms with E-state index in [9.17, 15) is 35.3 Å². The van der Waals surface area contributed by atoms with Crippen molar-refractivity contribution >= 4 is 21.8 Å². The molecule has 0 amide bonds. The molecule has 10 nitrogen and oxygen atoms in total. The summed E-state index contributed by atoms with van der Waals surface area (Å²) in [7, 11) is -4.06. The van der Waals surface area contributed by atoms with Gasteiger partial charge in [-0.05, 0) is 60.9 Å². The molecule has 1 aliphatic heterocycles. The second-order valence-electron chi connectivity index (χ2n) is 10.0. The van der Waals surface area contributed by atoms with Gasteiger partial charge >= 0.3 is 12.7 Å². The molecule has 1 aliphatic carbocycles. The van der Waals surface area contributed by atoms with E-state index in [1.807, 2.05) is 0 Å². The summed E-state index contributed by atoms with van der Waals surface area (Å²) < 4.78 is 105. The third-order valence-corrected chi connectivity index (χ3v) is 9.31. The number of alkyl halides is 5. The minimum atomic E-state index is -4.75. The molecule has 17 heteroatoms. The Hall–Kier alpha value is -4.38. The fraction of sp³-hybridized carbons (Fsp3) is 0.269. The molecule has 0 spiro atoms. The highest BCUT2D eigenvalue weighted by atomic mass is 32.2. The molecule has 224 valence electrons. The van der Waals surface area contributed by atoms with Crippen LogP contribution in [0.3, 0.4) is 0 Å². The highest BCUT2D eigenvalue weighted by molar-refractivity contribution is 7.90. The number of hydrogen-bond acceptors (Lipinski definition) is 7. The summed E-state index contributed by atoms with van der Waals surface area (Å²) in [5.41, 5.74) is -1.16. The summed E-state index contributed by atoms with van der Waals surface area (Å²) in [6.45, 7) is -3.63. The van der Waals surface area contributed by atoms with Gasteiger partial charge in [0.1, 0.15) is 11.5 Å². The van der Waals surface area contributed by atoms with Gasteiger partial charge in [-0.25, -0.2) is 22.4 Å². The topological polar surface area (TPSA) is 123 Å². The summed E-state index contributed by atoms with van der Waals surface area (Å²) >= 11 is 0. The SMILES string of the molecule is N=[S@@](=O)(c1cnn(C(F)F)n1)N1CCC2=Cc3c(cnn3-c3ccc(F)cc3)C[C@]2(C(=O)c2cc(C(F)(F)F)ccn2)C1. The average molecular weight is 623 g/mol. The highest BCUT2D eigenvalue weighted by Gasteiger charge is 2.51. The molecule has 6 rings (SSSR count). The third kappa shape index (κ3) is 4.91. The third-order valence-electron chi connectivity index (χ3n) is 7.52. The standard InChI is InChI=1S/C26H20F6N8O2S/c27-18-1-3-19(4-2-18)39-21-10-16-6-8-38(43(33,42)22-13-36-40(37-22)24(28)29)14-25(16,11-15(21)12-35-39)23(41)20-9-17(5-7-34-20)26(30,31)32/h1-5,7,9-10,12-13,24,33H,6,8,11,14H2/t25-,43-/m0/s1. The molecule has 3 aromatic heterocycles. The van der Waals surface area contributed by atoms with Gasteiger partial charge in [0.2, 0.25) is 0 Å². The normalized spacial score (nSPS) is 20.3. The first-order chi connectivity index (χ1) is 20.3. The number of rotatable bonds is 6. The summed E-state index contributed by atoms with van der Waals surface area (Å²) in [5, 5.41) is 10.7. The molecule has 4 heterocycles. The van der Waals surface area contributed by atoms with Crippen molar-refractivity contribution in [1.29, 1.82) is 4.78 Å². The summed E-state index contributed by atoms with van der Waals surface area (Å²) in [5.74, 6) is -1.26. The lowest BCUT2D eigenvalue weighted by Gasteiger charge is -2.45. The van der Waals surface area contributed by atoms with Crippen LogP contribution in [-0.2, 0) is 22.5 Å². The quantitative estimate of drug-likeness (QED) is 0.240. The van der Waals surface area contributed by atoms with Crippen LogP contribution in [0.5, 0.6) is 0 Å². The zero-order valence-electron chi connectivity index (χ0n) is 21.8. The molecule has 1 fully saturated rings. The lowest BCUT2D eigenvalue weighted by Crippen LogP contribution is -2.53. The van der Waals surface area contributed by atoms with Gasteiger partial charge in [0.05, 0.1) is 34.8 Å². The second-order valence-corrected chi connectivity index (χ2v) is 12.0. The van der Waals surface area contributed by atoms with E-state index < -0.39 is 62.5 Å².